The van der Waals surface area contributed by atoms with Crippen molar-refractivity contribution < 1.29 is 9.53 Å². The van der Waals surface area contributed by atoms with Crippen LogP contribution in [0.15, 0.2) is 54.6 Å². The summed E-state index contributed by atoms with van der Waals surface area (Å²) in [5.74, 6) is -0.140. The smallest absolute Gasteiger partial charge is 0.305 e. The lowest BCUT2D eigenvalue weighted by atomic mass is 10.2. The van der Waals surface area contributed by atoms with Gasteiger partial charge in [0.1, 0.15) is 5.52 Å². The Kier molecular flexibility index (Phi) is 9.15. The number of esters is 1. The SMILES string of the molecule is CC.CCOC(=O)CCCN(Cc1ccccc1)Cn1nnc2ccccc21. The maximum Gasteiger partial charge on any atom is 0.305 e. The summed E-state index contributed by atoms with van der Waals surface area (Å²) in [6.07, 6.45) is 1.18. The Hall–Kier alpha value is -2.73. The highest BCUT2D eigenvalue weighted by molar-refractivity contribution is 5.73. The van der Waals surface area contributed by atoms with Crippen LogP contribution in [0, 0.1) is 0 Å². The van der Waals surface area contributed by atoms with E-state index in [2.05, 4.69) is 27.3 Å². The van der Waals surface area contributed by atoms with Gasteiger partial charge in [0.2, 0.25) is 0 Å². The summed E-state index contributed by atoms with van der Waals surface area (Å²) in [5.41, 5.74) is 3.13. The van der Waals surface area contributed by atoms with Gasteiger partial charge in [-0.1, -0.05) is 61.5 Å². The fourth-order valence-electron chi connectivity index (χ4n) is 2.93. The third-order valence-corrected chi connectivity index (χ3v) is 4.16. The van der Waals surface area contributed by atoms with Crippen LogP contribution < -0.4 is 0 Å². The molecular formula is C22H30N4O2. The average molecular weight is 383 g/mol. The first kappa shape index (κ1) is 21.6. The summed E-state index contributed by atoms with van der Waals surface area (Å²) in [6, 6.07) is 18.2. The van der Waals surface area contributed by atoms with Crippen molar-refractivity contribution in [1.82, 2.24) is 19.9 Å². The van der Waals surface area contributed by atoms with E-state index in [1.165, 1.54) is 5.56 Å². The molecule has 0 unspecified atom stereocenters. The van der Waals surface area contributed by atoms with Crippen molar-refractivity contribution in [3.8, 4) is 0 Å². The average Bonchev–Trinajstić information content (AvgIpc) is 3.13. The Bertz CT molecular complexity index is 833. The molecule has 1 heterocycles. The molecule has 3 aromatic rings. The predicted molar refractivity (Wildman–Crippen MR) is 112 cm³/mol. The largest absolute Gasteiger partial charge is 0.466 e. The molecule has 0 bridgehead atoms. The van der Waals surface area contributed by atoms with Gasteiger partial charge in [0.25, 0.3) is 0 Å². The predicted octanol–water partition coefficient (Wildman–Crippen LogP) is 4.26. The molecule has 0 N–H and O–H groups in total. The van der Waals surface area contributed by atoms with E-state index in [4.69, 9.17) is 4.74 Å². The first-order valence-corrected chi connectivity index (χ1v) is 9.96. The monoisotopic (exact) mass is 382 g/mol. The summed E-state index contributed by atoms with van der Waals surface area (Å²) < 4.78 is 6.93. The number of hydrogen-bond acceptors (Lipinski definition) is 5. The van der Waals surface area contributed by atoms with Gasteiger partial charge in [-0.25, -0.2) is 4.68 Å². The molecule has 3 rings (SSSR count). The maximum atomic E-state index is 11.6. The summed E-state index contributed by atoms with van der Waals surface area (Å²) in [6.45, 7) is 8.45. The van der Waals surface area contributed by atoms with Crippen LogP contribution >= 0.6 is 0 Å². The van der Waals surface area contributed by atoms with Gasteiger partial charge in [-0.15, -0.1) is 5.10 Å². The Morgan fingerprint density at radius 3 is 2.54 bits per heavy atom. The van der Waals surface area contributed by atoms with Crippen LogP contribution in [0.4, 0.5) is 0 Å². The molecule has 0 aliphatic carbocycles. The number of ether oxygens (including phenoxy) is 1. The van der Waals surface area contributed by atoms with Crippen LogP contribution in [0.1, 0.15) is 39.2 Å². The third-order valence-electron chi connectivity index (χ3n) is 4.16. The summed E-state index contributed by atoms with van der Waals surface area (Å²) in [4.78, 5) is 13.9. The zero-order chi connectivity index (χ0) is 20.2. The van der Waals surface area contributed by atoms with Crippen LogP contribution in [0.2, 0.25) is 0 Å². The minimum atomic E-state index is -0.140. The normalized spacial score (nSPS) is 10.6. The van der Waals surface area contributed by atoms with Gasteiger partial charge in [0, 0.05) is 19.5 Å². The Balaban J connectivity index is 0.00000136. The van der Waals surface area contributed by atoms with Gasteiger partial charge in [-0.3, -0.25) is 9.69 Å². The van der Waals surface area contributed by atoms with Gasteiger partial charge >= 0.3 is 5.97 Å². The molecule has 6 nitrogen and oxygen atoms in total. The maximum absolute atomic E-state index is 11.6. The molecular weight excluding hydrogens is 352 g/mol. The molecule has 0 atom stereocenters. The Labute approximate surface area is 167 Å². The van der Waals surface area contributed by atoms with Crippen LogP contribution in [-0.4, -0.2) is 39.0 Å². The van der Waals surface area contributed by atoms with Crippen molar-refractivity contribution >= 4 is 17.0 Å². The number of rotatable bonds is 9. The number of nitrogens with zero attached hydrogens (tertiary/aromatic N) is 4. The second kappa shape index (κ2) is 11.9. The minimum absolute atomic E-state index is 0.140. The van der Waals surface area contributed by atoms with Crippen molar-refractivity contribution in [3.05, 3.63) is 60.2 Å². The van der Waals surface area contributed by atoms with E-state index >= 15 is 0 Å². The van der Waals surface area contributed by atoms with E-state index in [9.17, 15) is 4.79 Å². The quantitative estimate of drug-likeness (QED) is 0.518. The second-order valence-electron chi connectivity index (χ2n) is 6.17. The van der Waals surface area contributed by atoms with E-state index in [1.54, 1.807) is 0 Å². The van der Waals surface area contributed by atoms with Gasteiger partial charge < -0.3 is 4.74 Å². The third kappa shape index (κ3) is 6.46. The zero-order valence-corrected chi connectivity index (χ0v) is 17.0. The van der Waals surface area contributed by atoms with Gasteiger partial charge in [0.05, 0.1) is 18.8 Å². The molecule has 0 radical (unpaired) electrons. The Morgan fingerprint density at radius 2 is 1.79 bits per heavy atom. The minimum Gasteiger partial charge on any atom is -0.466 e. The van der Waals surface area contributed by atoms with Crippen LogP contribution in [-0.2, 0) is 22.7 Å². The lowest BCUT2D eigenvalue weighted by molar-refractivity contribution is -0.143. The molecule has 2 aromatic carbocycles. The number of carbonyl (C=O) groups excluding carboxylic acids is 1. The van der Waals surface area contributed by atoms with Gasteiger partial charge in [-0.05, 0) is 31.0 Å². The summed E-state index contributed by atoms with van der Waals surface area (Å²) in [5, 5.41) is 8.51. The highest BCUT2D eigenvalue weighted by Gasteiger charge is 2.12. The molecule has 28 heavy (non-hydrogen) atoms. The van der Waals surface area contributed by atoms with Crippen LogP contribution in [0.3, 0.4) is 0 Å². The second-order valence-corrected chi connectivity index (χ2v) is 6.17. The highest BCUT2D eigenvalue weighted by atomic mass is 16.5. The number of aromatic nitrogens is 3. The molecule has 0 aliphatic heterocycles. The first-order valence-electron chi connectivity index (χ1n) is 9.96. The number of carbonyl (C=O) groups is 1. The summed E-state index contributed by atoms with van der Waals surface area (Å²) in [7, 11) is 0. The Morgan fingerprint density at radius 1 is 1.07 bits per heavy atom. The molecule has 1 aromatic heterocycles. The van der Waals surface area contributed by atoms with Crippen molar-refractivity contribution in [3.63, 3.8) is 0 Å². The van der Waals surface area contributed by atoms with E-state index in [-0.39, 0.29) is 5.97 Å². The van der Waals surface area contributed by atoms with Crippen LogP contribution in [0.5, 0.6) is 0 Å². The van der Waals surface area contributed by atoms with Gasteiger partial charge in [-0.2, -0.15) is 0 Å². The molecule has 6 heteroatoms. The fourth-order valence-corrected chi connectivity index (χ4v) is 2.93. The molecule has 0 saturated carbocycles. The van der Waals surface area contributed by atoms with E-state index in [0.717, 1.165) is 30.5 Å². The van der Waals surface area contributed by atoms with E-state index in [1.807, 2.05) is 67.9 Å². The molecule has 0 amide bonds. The molecule has 150 valence electrons. The molecule has 0 aliphatic rings. The van der Waals surface area contributed by atoms with Gasteiger partial charge in [0.15, 0.2) is 0 Å². The lowest BCUT2D eigenvalue weighted by Gasteiger charge is -2.22. The molecule has 0 spiro atoms. The summed E-state index contributed by atoms with van der Waals surface area (Å²) >= 11 is 0. The standard InChI is InChI=1S/C20H24N4O2.C2H6/c1-2-26-20(25)13-8-14-23(15-17-9-4-3-5-10-17)16-24-19-12-7-6-11-18(19)21-22-24;1-2/h3-7,9-12H,2,8,13-16H2,1H3;1-2H3. The van der Waals surface area contributed by atoms with E-state index in [0.29, 0.717) is 19.7 Å². The zero-order valence-electron chi connectivity index (χ0n) is 17.0. The molecule has 0 fully saturated rings. The number of hydrogen-bond donors (Lipinski definition) is 0. The number of benzene rings is 2. The topological polar surface area (TPSA) is 60.2 Å². The number of para-hydroxylation sites is 1. The van der Waals surface area contributed by atoms with Crippen molar-refractivity contribution in [2.45, 2.75) is 46.8 Å². The first-order chi connectivity index (χ1) is 13.8. The molecule has 0 saturated heterocycles. The number of fused-ring (bicyclic) bond motifs is 1. The van der Waals surface area contributed by atoms with Crippen molar-refractivity contribution in [2.24, 2.45) is 0 Å². The fraction of sp³-hybridized carbons (Fsp3) is 0.409. The van der Waals surface area contributed by atoms with E-state index < -0.39 is 0 Å². The van der Waals surface area contributed by atoms with Crippen LogP contribution in [0.25, 0.3) is 11.0 Å². The highest BCUT2D eigenvalue weighted by Crippen LogP contribution is 2.13. The van der Waals surface area contributed by atoms with Crippen molar-refractivity contribution in [1.29, 1.82) is 0 Å². The van der Waals surface area contributed by atoms with Crippen molar-refractivity contribution in [2.75, 3.05) is 13.2 Å². The lowest BCUT2D eigenvalue weighted by Crippen LogP contribution is -2.28.